The lowest BCUT2D eigenvalue weighted by Crippen LogP contribution is -2.09. The van der Waals surface area contributed by atoms with E-state index >= 15 is 0 Å². The summed E-state index contributed by atoms with van der Waals surface area (Å²) < 4.78 is 38.5. The molecule has 106 valence electrons. The van der Waals surface area contributed by atoms with Crippen molar-refractivity contribution in [1.82, 2.24) is 14.8 Å². The number of pyridine rings is 1. The van der Waals surface area contributed by atoms with Crippen LogP contribution in [0.1, 0.15) is 16.2 Å². The second-order valence-corrected chi connectivity index (χ2v) is 4.74. The Hall–Kier alpha value is -1.31. The molecule has 0 radical (unpaired) electrons. The van der Waals surface area contributed by atoms with Gasteiger partial charge in [0.1, 0.15) is 5.69 Å². The number of alkyl halides is 3. The molecule has 4 nitrogen and oxygen atoms in total. The molecule has 0 N–H and O–H groups in total. The Morgan fingerprint density at radius 3 is 2.40 bits per heavy atom. The first kappa shape index (κ1) is 15.1. The van der Waals surface area contributed by atoms with E-state index in [1.165, 1.54) is 6.07 Å². The molecular weight excluding hydrogens is 341 g/mol. The molecular formula is C10H3Cl3F3N3O. The Bertz CT molecular complexity index is 684. The number of hydrogen-bond donors (Lipinski definition) is 0. The van der Waals surface area contributed by atoms with Crippen molar-refractivity contribution < 1.29 is 18.0 Å². The van der Waals surface area contributed by atoms with E-state index in [1.54, 1.807) is 0 Å². The molecule has 0 amide bonds. The molecule has 2 aromatic rings. The van der Waals surface area contributed by atoms with E-state index in [1.807, 2.05) is 0 Å². The van der Waals surface area contributed by atoms with E-state index in [4.69, 9.17) is 34.8 Å². The second kappa shape index (κ2) is 5.23. The first-order chi connectivity index (χ1) is 9.20. The van der Waals surface area contributed by atoms with Crippen LogP contribution in [-0.2, 0) is 6.18 Å². The van der Waals surface area contributed by atoms with Crippen molar-refractivity contribution in [1.29, 1.82) is 0 Å². The van der Waals surface area contributed by atoms with Gasteiger partial charge in [-0.2, -0.15) is 18.3 Å². The Labute approximate surface area is 125 Å². The van der Waals surface area contributed by atoms with Gasteiger partial charge < -0.3 is 0 Å². The number of hydrogen-bond acceptors (Lipinski definition) is 3. The second-order valence-electron chi connectivity index (χ2n) is 3.56. The summed E-state index contributed by atoms with van der Waals surface area (Å²) in [6.45, 7) is 0. The minimum absolute atomic E-state index is 0.0755. The standard InChI is InChI=1S/C10H3Cl3F3N3O/c11-4-1-5(12)9(17-3-4)19-6(8(13)20)2-7(18-19)10(14,15)16/h1-3H. The molecule has 0 unspecified atom stereocenters. The maximum absolute atomic E-state index is 12.6. The molecule has 0 saturated carbocycles. The predicted octanol–water partition coefficient (Wildman–Crippen LogP) is 3.97. The van der Waals surface area contributed by atoms with Gasteiger partial charge in [-0.3, -0.25) is 4.79 Å². The number of aromatic nitrogens is 3. The molecule has 0 atom stereocenters. The summed E-state index contributed by atoms with van der Waals surface area (Å²) in [5.74, 6) is -0.185. The quantitative estimate of drug-likeness (QED) is 0.775. The Balaban J connectivity index is 2.66. The van der Waals surface area contributed by atoms with Gasteiger partial charge in [-0.25, -0.2) is 9.67 Å². The van der Waals surface area contributed by atoms with Gasteiger partial charge >= 0.3 is 6.18 Å². The third-order valence-electron chi connectivity index (χ3n) is 2.19. The minimum Gasteiger partial charge on any atom is -0.274 e. The normalized spacial score (nSPS) is 11.7. The van der Waals surface area contributed by atoms with Gasteiger partial charge in [-0.05, 0) is 17.7 Å². The van der Waals surface area contributed by atoms with Crippen LogP contribution in [0.15, 0.2) is 18.3 Å². The third-order valence-corrected chi connectivity index (χ3v) is 2.87. The zero-order chi connectivity index (χ0) is 15.1. The van der Waals surface area contributed by atoms with E-state index < -0.39 is 22.8 Å². The monoisotopic (exact) mass is 343 g/mol. The molecule has 0 spiro atoms. The predicted molar refractivity (Wildman–Crippen MR) is 66.6 cm³/mol. The average Bonchev–Trinajstić information content (AvgIpc) is 2.73. The van der Waals surface area contributed by atoms with Crippen molar-refractivity contribution in [2.24, 2.45) is 0 Å². The number of halogens is 6. The highest BCUT2D eigenvalue weighted by atomic mass is 35.5. The Morgan fingerprint density at radius 2 is 1.90 bits per heavy atom. The van der Waals surface area contributed by atoms with Crippen molar-refractivity contribution in [3.63, 3.8) is 0 Å². The zero-order valence-corrected chi connectivity index (χ0v) is 11.5. The molecule has 0 fully saturated rings. The molecule has 0 aromatic carbocycles. The maximum Gasteiger partial charge on any atom is 0.435 e. The lowest BCUT2D eigenvalue weighted by molar-refractivity contribution is -0.141. The molecule has 2 aromatic heterocycles. The lowest BCUT2D eigenvalue weighted by atomic mass is 10.3. The van der Waals surface area contributed by atoms with Crippen molar-refractivity contribution in [2.75, 3.05) is 0 Å². The first-order valence-corrected chi connectivity index (χ1v) is 6.02. The molecule has 0 aliphatic heterocycles. The van der Waals surface area contributed by atoms with Gasteiger partial charge in [0.05, 0.1) is 10.0 Å². The zero-order valence-electron chi connectivity index (χ0n) is 9.25. The average molecular weight is 345 g/mol. The third kappa shape index (κ3) is 2.89. The molecule has 0 bridgehead atoms. The van der Waals surface area contributed by atoms with Crippen LogP contribution in [0.25, 0.3) is 5.82 Å². The number of carbonyl (C=O) groups is 1. The van der Waals surface area contributed by atoms with Crippen LogP contribution in [0.3, 0.4) is 0 Å². The molecule has 2 heterocycles. The summed E-state index contributed by atoms with van der Waals surface area (Å²) in [5, 5.41) is 2.24. The number of rotatable bonds is 2. The fourth-order valence-corrected chi connectivity index (χ4v) is 1.98. The van der Waals surface area contributed by atoms with Crippen LogP contribution in [0.4, 0.5) is 13.2 Å². The summed E-state index contributed by atoms with van der Waals surface area (Å²) in [6.07, 6.45) is -3.58. The maximum atomic E-state index is 12.6. The highest BCUT2D eigenvalue weighted by Gasteiger charge is 2.36. The molecule has 0 aliphatic rings. The highest BCUT2D eigenvalue weighted by molar-refractivity contribution is 6.67. The summed E-state index contributed by atoms with van der Waals surface area (Å²) in [4.78, 5) is 14.9. The first-order valence-electron chi connectivity index (χ1n) is 4.88. The van der Waals surface area contributed by atoms with Gasteiger partial charge in [0.25, 0.3) is 5.24 Å². The van der Waals surface area contributed by atoms with E-state index in [0.29, 0.717) is 10.7 Å². The largest absolute Gasteiger partial charge is 0.435 e. The van der Waals surface area contributed by atoms with Crippen molar-refractivity contribution >= 4 is 40.0 Å². The smallest absolute Gasteiger partial charge is 0.274 e. The van der Waals surface area contributed by atoms with Gasteiger partial charge in [-0.1, -0.05) is 23.2 Å². The lowest BCUT2D eigenvalue weighted by Gasteiger charge is -2.06. The van der Waals surface area contributed by atoms with E-state index in [9.17, 15) is 18.0 Å². The van der Waals surface area contributed by atoms with Crippen molar-refractivity contribution in [3.8, 4) is 5.82 Å². The molecule has 20 heavy (non-hydrogen) atoms. The SMILES string of the molecule is O=C(Cl)c1cc(C(F)(F)F)nn1-c1ncc(Cl)cc1Cl. The fraction of sp³-hybridized carbons (Fsp3) is 0.100. The molecule has 2 rings (SSSR count). The van der Waals surface area contributed by atoms with E-state index in [2.05, 4.69) is 10.1 Å². The van der Waals surface area contributed by atoms with E-state index in [0.717, 1.165) is 6.20 Å². The van der Waals surface area contributed by atoms with Gasteiger partial charge in [0.2, 0.25) is 0 Å². The molecule has 0 aliphatic carbocycles. The number of carbonyl (C=O) groups excluding carboxylic acids is 1. The topological polar surface area (TPSA) is 47.8 Å². The Kier molecular flexibility index (Phi) is 3.95. The van der Waals surface area contributed by atoms with Crippen molar-refractivity contribution in [3.05, 3.63) is 39.8 Å². The van der Waals surface area contributed by atoms with Gasteiger partial charge in [-0.15, -0.1) is 0 Å². The van der Waals surface area contributed by atoms with Crippen LogP contribution < -0.4 is 0 Å². The fourth-order valence-electron chi connectivity index (χ4n) is 1.38. The number of nitrogens with zero attached hydrogens (tertiary/aromatic N) is 3. The molecule has 0 saturated heterocycles. The summed E-state index contributed by atoms with van der Waals surface area (Å²) >= 11 is 16.7. The van der Waals surface area contributed by atoms with E-state index in [-0.39, 0.29) is 15.9 Å². The summed E-state index contributed by atoms with van der Waals surface area (Å²) in [6, 6.07) is 1.77. The molecule has 10 heteroatoms. The van der Waals surface area contributed by atoms with Gasteiger partial charge in [0, 0.05) is 12.3 Å². The van der Waals surface area contributed by atoms with Gasteiger partial charge in [0.15, 0.2) is 11.5 Å². The Morgan fingerprint density at radius 1 is 1.25 bits per heavy atom. The summed E-state index contributed by atoms with van der Waals surface area (Å²) in [5.41, 5.74) is -1.79. The van der Waals surface area contributed by atoms with Crippen LogP contribution in [0.2, 0.25) is 10.0 Å². The van der Waals surface area contributed by atoms with Crippen LogP contribution in [0.5, 0.6) is 0 Å². The highest BCUT2D eigenvalue weighted by Crippen LogP contribution is 2.31. The van der Waals surface area contributed by atoms with Crippen LogP contribution in [0, 0.1) is 0 Å². The van der Waals surface area contributed by atoms with Crippen LogP contribution >= 0.6 is 34.8 Å². The summed E-state index contributed by atoms with van der Waals surface area (Å²) in [7, 11) is 0. The minimum atomic E-state index is -4.73. The van der Waals surface area contributed by atoms with Crippen LogP contribution in [-0.4, -0.2) is 20.0 Å². The van der Waals surface area contributed by atoms with Crippen molar-refractivity contribution in [2.45, 2.75) is 6.18 Å².